The fraction of sp³-hybridized carbons (Fsp3) is 0.353. The molecule has 0 saturated heterocycles. The minimum atomic E-state index is -4.70. The van der Waals surface area contributed by atoms with E-state index in [-0.39, 0.29) is 22.9 Å². The summed E-state index contributed by atoms with van der Waals surface area (Å²) in [5, 5.41) is 13.3. The Morgan fingerprint density at radius 2 is 1.72 bits per heavy atom. The van der Waals surface area contributed by atoms with Gasteiger partial charge in [0.2, 0.25) is 10.0 Å². The fourth-order valence-corrected chi connectivity index (χ4v) is 4.28. The third kappa shape index (κ3) is 4.82. The molecule has 3 rings (SSSR count). The molecule has 0 aliphatic heterocycles. The van der Waals surface area contributed by atoms with Crippen LogP contribution in [0.5, 0.6) is 0 Å². The van der Waals surface area contributed by atoms with Gasteiger partial charge in [0.25, 0.3) is 5.82 Å². The Hall–Kier alpha value is -2.73. The molecule has 0 aliphatic rings. The first-order valence-corrected chi connectivity index (χ1v) is 10.0. The number of alkyl halides is 3. The third-order valence-corrected chi connectivity index (χ3v) is 5.54. The maximum Gasteiger partial charge on any atom is 0.453 e. The van der Waals surface area contributed by atoms with E-state index in [0.717, 1.165) is 0 Å². The number of benzene rings is 1. The summed E-state index contributed by atoms with van der Waals surface area (Å²) >= 11 is 0. The molecule has 3 aromatic rings. The number of nitrogens with zero attached hydrogens (tertiary/aromatic N) is 4. The van der Waals surface area contributed by atoms with Crippen LogP contribution in [-0.4, -0.2) is 33.8 Å². The number of hydrogen-bond acceptors (Lipinski definition) is 6. The van der Waals surface area contributed by atoms with Crippen molar-refractivity contribution >= 4 is 21.5 Å². The number of sulfonamides is 1. The van der Waals surface area contributed by atoms with Crippen LogP contribution in [0.1, 0.15) is 32.2 Å². The Morgan fingerprint density at radius 1 is 1.03 bits per heavy atom. The van der Waals surface area contributed by atoms with Gasteiger partial charge in [-0.05, 0) is 44.5 Å². The Balaban J connectivity index is 1.88. The van der Waals surface area contributed by atoms with E-state index in [4.69, 9.17) is 0 Å². The number of nitrogens with one attached hydrogen (secondary N) is 2. The maximum absolute atomic E-state index is 13.0. The van der Waals surface area contributed by atoms with Gasteiger partial charge in [0.1, 0.15) is 5.82 Å². The second kappa shape index (κ2) is 7.26. The number of anilines is 1. The van der Waals surface area contributed by atoms with Crippen LogP contribution in [-0.2, 0) is 22.7 Å². The summed E-state index contributed by atoms with van der Waals surface area (Å²) < 4.78 is 67.5. The topological polar surface area (TPSA) is 101 Å². The van der Waals surface area contributed by atoms with Gasteiger partial charge in [-0.15, -0.1) is 15.3 Å². The summed E-state index contributed by atoms with van der Waals surface area (Å²) in [6, 6.07) is 9.12. The standard InChI is InChI=1S/C17H19F3N6O2S/c1-16(2,3)25-29(27,28)12-7-5-4-6-11(12)10-21-13-8-9-14-22-23-15(17(18,19)20)26(14)24-13/h4-9,25H,10H2,1-3H3,(H,21,24). The molecular formula is C17H19F3N6O2S. The fourth-order valence-electron chi connectivity index (χ4n) is 2.62. The summed E-state index contributed by atoms with van der Waals surface area (Å²) in [4.78, 5) is 0.0729. The molecule has 1 aromatic carbocycles. The van der Waals surface area contributed by atoms with Crippen molar-refractivity contribution in [3.8, 4) is 0 Å². The first-order valence-electron chi connectivity index (χ1n) is 8.52. The summed E-state index contributed by atoms with van der Waals surface area (Å²) in [6.07, 6.45) is -4.70. The van der Waals surface area contributed by atoms with Crippen molar-refractivity contribution in [2.24, 2.45) is 0 Å². The molecule has 0 aliphatic carbocycles. The zero-order chi connectivity index (χ0) is 21.4. The third-order valence-electron chi connectivity index (χ3n) is 3.68. The Morgan fingerprint density at radius 3 is 2.38 bits per heavy atom. The Kier molecular flexibility index (Phi) is 5.26. The lowest BCUT2D eigenvalue weighted by atomic mass is 10.1. The normalized spacial score (nSPS) is 13.0. The van der Waals surface area contributed by atoms with Crippen molar-refractivity contribution in [3.63, 3.8) is 0 Å². The van der Waals surface area contributed by atoms with Crippen molar-refractivity contribution in [2.75, 3.05) is 5.32 Å². The Labute approximate surface area is 165 Å². The molecule has 156 valence electrons. The molecule has 0 radical (unpaired) electrons. The van der Waals surface area contributed by atoms with Crippen molar-refractivity contribution < 1.29 is 21.6 Å². The van der Waals surface area contributed by atoms with E-state index in [0.29, 0.717) is 10.1 Å². The van der Waals surface area contributed by atoms with Crippen molar-refractivity contribution in [1.82, 2.24) is 24.5 Å². The number of hydrogen-bond donors (Lipinski definition) is 2. The van der Waals surface area contributed by atoms with Crippen molar-refractivity contribution in [1.29, 1.82) is 0 Å². The summed E-state index contributed by atoms with van der Waals surface area (Å²) in [5.41, 5.74) is -0.292. The molecule has 0 unspecified atom stereocenters. The molecule has 2 aromatic heterocycles. The quantitative estimate of drug-likeness (QED) is 0.648. The first-order chi connectivity index (χ1) is 13.4. The van der Waals surface area contributed by atoms with Crippen molar-refractivity contribution in [3.05, 3.63) is 47.8 Å². The summed E-state index contributed by atoms with van der Waals surface area (Å²) in [5.74, 6) is -1.13. The smallest absolute Gasteiger partial charge is 0.365 e. The second-order valence-electron chi connectivity index (χ2n) is 7.33. The van der Waals surface area contributed by atoms with E-state index in [1.165, 1.54) is 18.2 Å². The highest BCUT2D eigenvalue weighted by molar-refractivity contribution is 7.89. The second-order valence-corrected chi connectivity index (χ2v) is 8.98. The van der Waals surface area contributed by atoms with E-state index >= 15 is 0 Å². The molecule has 2 N–H and O–H groups in total. The van der Waals surface area contributed by atoms with Crippen LogP contribution in [0.3, 0.4) is 0 Å². The van der Waals surface area contributed by atoms with Crippen molar-refractivity contribution in [2.45, 2.75) is 43.9 Å². The molecule has 0 atom stereocenters. The van der Waals surface area contributed by atoms with Gasteiger partial charge in [-0.25, -0.2) is 13.1 Å². The Bertz CT molecular complexity index is 1140. The average molecular weight is 428 g/mol. The summed E-state index contributed by atoms with van der Waals surface area (Å²) in [6.45, 7) is 5.20. The molecule has 0 bridgehead atoms. The van der Waals surface area contributed by atoms with Gasteiger partial charge in [0.15, 0.2) is 5.65 Å². The minimum Gasteiger partial charge on any atom is -0.365 e. The summed E-state index contributed by atoms with van der Waals surface area (Å²) in [7, 11) is -3.79. The lowest BCUT2D eigenvalue weighted by Gasteiger charge is -2.21. The van der Waals surface area contributed by atoms with Crippen LogP contribution in [0, 0.1) is 0 Å². The highest BCUT2D eigenvalue weighted by Crippen LogP contribution is 2.27. The molecule has 0 fully saturated rings. The molecule has 2 heterocycles. The van der Waals surface area contributed by atoms with Gasteiger partial charge in [0.05, 0.1) is 4.90 Å². The average Bonchev–Trinajstić information content (AvgIpc) is 3.01. The van der Waals surface area contributed by atoms with Gasteiger partial charge in [-0.2, -0.15) is 17.7 Å². The van der Waals surface area contributed by atoms with Gasteiger partial charge in [-0.3, -0.25) is 0 Å². The van der Waals surface area contributed by atoms with Gasteiger partial charge < -0.3 is 5.32 Å². The largest absolute Gasteiger partial charge is 0.453 e. The highest BCUT2D eigenvalue weighted by Gasteiger charge is 2.37. The molecule has 0 saturated carbocycles. The lowest BCUT2D eigenvalue weighted by molar-refractivity contribution is -0.146. The van der Waals surface area contributed by atoms with Crippen LogP contribution >= 0.6 is 0 Å². The van der Waals surface area contributed by atoms with Gasteiger partial charge >= 0.3 is 6.18 Å². The van der Waals surface area contributed by atoms with E-state index in [2.05, 4.69) is 25.3 Å². The number of fused-ring (bicyclic) bond motifs is 1. The number of aromatic nitrogens is 4. The van der Waals surface area contributed by atoms with Crippen LogP contribution in [0.25, 0.3) is 5.65 Å². The van der Waals surface area contributed by atoms with Crippen LogP contribution < -0.4 is 10.0 Å². The van der Waals surface area contributed by atoms with E-state index in [1.54, 1.807) is 39.0 Å². The van der Waals surface area contributed by atoms with Gasteiger partial charge in [0, 0.05) is 12.1 Å². The van der Waals surface area contributed by atoms with Crippen LogP contribution in [0.2, 0.25) is 0 Å². The SMILES string of the molecule is CC(C)(C)NS(=O)(=O)c1ccccc1CNc1ccc2nnc(C(F)(F)F)n2n1. The molecule has 8 nitrogen and oxygen atoms in total. The molecule has 29 heavy (non-hydrogen) atoms. The van der Waals surface area contributed by atoms with Crippen LogP contribution in [0.4, 0.5) is 19.0 Å². The van der Waals surface area contributed by atoms with Crippen LogP contribution in [0.15, 0.2) is 41.3 Å². The maximum atomic E-state index is 13.0. The predicted molar refractivity (Wildman–Crippen MR) is 99.6 cm³/mol. The highest BCUT2D eigenvalue weighted by atomic mass is 32.2. The first kappa shape index (κ1) is 21.0. The lowest BCUT2D eigenvalue weighted by Crippen LogP contribution is -2.40. The number of halogens is 3. The minimum absolute atomic E-state index is 0.0310. The zero-order valence-corrected chi connectivity index (χ0v) is 16.6. The number of rotatable bonds is 5. The molecule has 0 spiro atoms. The predicted octanol–water partition coefficient (Wildman–Crippen LogP) is 2.83. The van der Waals surface area contributed by atoms with E-state index < -0.39 is 27.6 Å². The van der Waals surface area contributed by atoms with E-state index in [1.807, 2.05) is 0 Å². The molecule has 12 heteroatoms. The monoisotopic (exact) mass is 428 g/mol. The zero-order valence-electron chi connectivity index (χ0n) is 15.8. The molecule has 0 amide bonds. The van der Waals surface area contributed by atoms with E-state index in [9.17, 15) is 21.6 Å². The van der Waals surface area contributed by atoms with Gasteiger partial charge in [-0.1, -0.05) is 18.2 Å². The molecular weight excluding hydrogens is 409 g/mol.